The predicted octanol–water partition coefficient (Wildman–Crippen LogP) is 5.37. The second-order valence-corrected chi connectivity index (χ2v) is 7.54. The largest absolute Gasteiger partial charge is 0.456 e. The number of nitro benzene ring substituents is 1. The fraction of sp³-hybridized carbons (Fsp3) is 0.130. The Hall–Kier alpha value is -4.11. The van der Waals surface area contributed by atoms with E-state index in [4.69, 9.17) is 20.8 Å². The van der Waals surface area contributed by atoms with Gasteiger partial charge in [0.05, 0.1) is 21.5 Å². The van der Waals surface area contributed by atoms with Crippen LogP contribution >= 0.6 is 11.6 Å². The Labute approximate surface area is 192 Å². The topological polar surface area (TPSA) is 117 Å². The first kappa shape index (κ1) is 22.1. The predicted molar refractivity (Wildman–Crippen MR) is 123 cm³/mol. The lowest BCUT2D eigenvalue weighted by atomic mass is 10.2. The zero-order valence-corrected chi connectivity index (χ0v) is 17.9. The number of rotatable bonds is 8. The molecule has 4 aromatic rings. The molecule has 10 heteroatoms. The summed E-state index contributed by atoms with van der Waals surface area (Å²) in [4.78, 5) is 34.7. The molecule has 4 rings (SSSR count). The fourth-order valence-corrected chi connectivity index (χ4v) is 3.44. The van der Waals surface area contributed by atoms with Crippen LogP contribution in [0.25, 0.3) is 11.1 Å². The normalized spacial score (nSPS) is 10.8. The van der Waals surface area contributed by atoms with E-state index in [-0.39, 0.29) is 30.1 Å². The van der Waals surface area contributed by atoms with Gasteiger partial charge >= 0.3 is 5.76 Å². The molecule has 1 heterocycles. The molecule has 0 aliphatic heterocycles. The molecule has 0 radical (unpaired) electrons. The van der Waals surface area contributed by atoms with E-state index < -0.39 is 10.7 Å². The minimum absolute atomic E-state index is 0.137. The third kappa shape index (κ3) is 5.21. The Morgan fingerprint density at radius 1 is 1.12 bits per heavy atom. The highest BCUT2D eigenvalue weighted by molar-refractivity contribution is 6.32. The second-order valence-electron chi connectivity index (χ2n) is 7.14. The van der Waals surface area contributed by atoms with Gasteiger partial charge in [-0.25, -0.2) is 4.79 Å². The number of oxazole rings is 1. The number of para-hydroxylation sites is 1. The van der Waals surface area contributed by atoms with Gasteiger partial charge in [0.25, 0.3) is 5.69 Å². The van der Waals surface area contributed by atoms with Gasteiger partial charge in [-0.05, 0) is 48.9 Å². The fourth-order valence-electron chi connectivity index (χ4n) is 3.26. The van der Waals surface area contributed by atoms with Gasteiger partial charge in [-0.1, -0.05) is 23.7 Å². The third-order valence-corrected chi connectivity index (χ3v) is 5.16. The third-order valence-electron chi connectivity index (χ3n) is 4.85. The van der Waals surface area contributed by atoms with Crippen LogP contribution < -0.4 is 15.8 Å². The lowest BCUT2D eigenvalue weighted by molar-refractivity contribution is -0.384. The van der Waals surface area contributed by atoms with E-state index in [0.29, 0.717) is 34.1 Å². The average Bonchev–Trinajstić information content (AvgIpc) is 3.11. The van der Waals surface area contributed by atoms with E-state index in [1.807, 2.05) is 12.1 Å². The number of nitrogens with zero attached hydrogens (tertiary/aromatic N) is 2. The van der Waals surface area contributed by atoms with Crippen molar-refractivity contribution < 1.29 is 18.9 Å². The summed E-state index contributed by atoms with van der Waals surface area (Å²) in [5.41, 5.74) is 1.02. The van der Waals surface area contributed by atoms with Crippen LogP contribution in [0.15, 0.2) is 75.9 Å². The minimum atomic E-state index is -0.625. The Bertz CT molecular complexity index is 1380. The highest BCUT2D eigenvalue weighted by Crippen LogP contribution is 2.29. The molecular weight excluding hydrogens is 450 g/mol. The standard InChI is InChI=1S/C23H18ClN3O6/c24-18-4-1-2-5-20(18)32-17-10-7-15(8-11-17)25-22(28)6-3-13-26-19-12-9-16(27(30)31)14-21(19)33-23(26)29/h1-2,4-5,7-12,14H,3,6,13H2,(H,25,28). The summed E-state index contributed by atoms with van der Waals surface area (Å²) in [5, 5.41) is 14.2. The number of hydrogen-bond donors (Lipinski definition) is 1. The van der Waals surface area contributed by atoms with E-state index in [2.05, 4.69) is 5.32 Å². The molecule has 9 nitrogen and oxygen atoms in total. The van der Waals surface area contributed by atoms with Crippen molar-refractivity contribution >= 4 is 40.0 Å². The molecule has 168 valence electrons. The summed E-state index contributed by atoms with van der Waals surface area (Å²) in [6.07, 6.45) is 0.551. The van der Waals surface area contributed by atoms with Crippen LogP contribution in [0, 0.1) is 10.1 Å². The van der Waals surface area contributed by atoms with Gasteiger partial charge < -0.3 is 14.5 Å². The molecule has 0 aliphatic carbocycles. The van der Waals surface area contributed by atoms with Gasteiger partial charge in [-0.15, -0.1) is 0 Å². The minimum Gasteiger partial charge on any atom is -0.456 e. The SMILES string of the molecule is O=C(CCCn1c(=O)oc2cc([N+](=O)[O-])ccc21)Nc1ccc(Oc2ccccc2Cl)cc1. The number of hydrogen-bond acceptors (Lipinski definition) is 6. The van der Waals surface area contributed by atoms with Crippen LogP contribution in [0.4, 0.5) is 11.4 Å². The molecule has 0 saturated heterocycles. The number of nitro groups is 1. The second kappa shape index (κ2) is 9.58. The van der Waals surface area contributed by atoms with Gasteiger partial charge in [0.1, 0.15) is 11.5 Å². The maximum atomic E-state index is 12.3. The number of halogens is 1. The zero-order valence-electron chi connectivity index (χ0n) is 17.2. The summed E-state index contributed by atoms with van der Waals surface area (Å²) in [7, 11) is 0. The van der Waals surface area contributed by atoms with Gasteiger partial charge in [0, 0.05) is 24.7 Å². The number of aromatic nitrogens is 1. The number of fused-ring (bicyclic) bond motifs is 1. The molecule has 1 amide bonds. The number of anilines is 1. The molecule has 0 saturated carbocycles. The van der Waals surface area contributed by atoms with Crippen molar-refractivity contribution in [1.82, 2.24) is 4.57 Å². The Morgan fingerprint density at radius 2 is 1.88 bits per heavy atom. The van der Waals surface area contributed by atoms with Gasteiger partial charge in [-0.3, -0.25) is 19.5 Å². The number of amides is 1. The summed E-state index contributed by atoms with van der Waals surface area (Å²) >= 11 is 6.08. The molecule has 1 N–H and O–H groups in total. The first-order valence-corrected chi connectivity index (χ1v) is 10.4. The smallest absolute Gasteiger partial charge is 0.419 e. The van der Waals surface area contributed by atoms with Crippen molar-refractivity contribution in [2.45, 2.75) is 19.4 Å². The van der Waals surface area contributed by atoms with E-state index in [1.54, 1.807) is 36.4 Å². The maximum Gasteiger partial charge on any atom is 0.419 e. The molecule has 0 aliphatic rings. The van der Waals surface area contributed by atoms with Crippen LogP contribution in [0.3, 0.4) is 0 Å². The number of non-ortho nitro benzene ring substituents is 1. The summed E-state index contributed by atoms with van der Waals surface area (Å²) in [6.45, 7) is 0.238. The van der Waals surface area contributed by atoms with Crippen LogP contribution in [0.5, 0.6) is 11.5 Å². The number of ether oxygens (including phenoxy) is 1. The quantitative estimate of drug-likeness (QED) is 0.275. The van der Waals surface area contributed by atoms with Crippen molar-refractivity contribution in [2.24, 2.45) is 0 Å². The number of carbonyl (C=O) groups excluding carboxylic acids is 1. The molecule has 0 fully saturated rings. The van der Waals surface area contributed by atoms with Crippen molar-refractivity contribution in [2.75, 3.05) is 5.32 Å². The molecule has 0 atom stereocenters. The van der Waals surface area contributed by atoms with Crippen LogP contribution in [-0.4, -0.2) is 15.4 Å². The molecule has 3 aromatic carbocycles. The highest BCUT2D eigenvalue weighted by atomic mass is 35.5. The van der Waals surface area contributed by atoms with Gasteiger partial charge in [0.15, 0.2) is 5.58 Å². The first-order chi connectivity index (χ1) is 15.9. The molecule has 0 unspecified atom stereocenters. The summed E-state index contributed by atoms with van der Waals surface area (Å²) < 4.78 is 12.2. The Morgan fingerprint density at radius 3 is 2.61 bits per heavy atom. The Balaban J connectivity index is 1.32. The first-order valence-electron chi connectivity index (χ1n) is 10.0. The van der Waals surface area contributed by atoms with Crippen molar-refractivity contribution in [3.05, 3.63) is 92.4 Å². The van der Waals surface area contributed by atoms with Crippen LogP contribution in [0.2, 0.25) is 5.02 Å². The molecule has 0 spiro atoms. The van der Waals surface area contributed by atoms with E-state index in [9.17, 15) is 19.7 Å². The molecule has 0 bridgehead atoms. The summed E-state index contributed by atoms with van der Waals surface area (Å²) in [5.74, 6) is 0.270. The monoisotopic (exact) mass is 467 g/mol. The zero-order chi connectivity index (χ0) is 23.4. The summed E-state index contributed by atoms with van der Waals surface area (Å²) in [6, 6.07) is 18.0. The number of carbonyl (C=O) groups is 1. The lowest BCUT2D eigenvalue weighted by Crippen LogP contribution is -2.17. The maximum absolute atomic E-state index is 12.3. The van der Waals surface area contributed by atoms with E-state index >= 15 is 0 Å². The van der Waals surface area contributed by atoms with Crippen molar-refractivity contribution in [3.63, 3.8) is 0 Å². The van der Waals surface area contributed by atoms with Gasteiger partial charge in [-0.2, -0.15) is 0 Å². The number of benzene rings is 3. The van der Waals surface area contributed by atoms with E-state index in [0.717, 1.165) is 0 Å². The number of aryl methyl sites for hydroxylation is 1. The molecule has 1 aromatic heterocycles. The van der Waals surface area contributed by atoms with Crippen molar-refractivity contribution in [3.8, 4) is 11.5 Å². The van der Waals surface area contributed by atoms with E-state index in [1.165, 1.54) is 22.8 Å². The lowest BCUT2D eigenvalue weighted by Gasteiger charge is -2.09. The van der Waals surface area contributed by atoms with Gasteiger partial charge in [0.2, 0.25) is 5.91 Å². The highest BCUT2D eigenvalue weighted by Gasteiger charge is 2.14. The molecular formula is C23H18ClN3O6. The van der Waals surface area contributed by atoms with Crippen LogP contribution in [-0.2, 0) is 11.3 Å². The van der Waals surface area contributed by atoms with Crippen molar-refractivity contribution in [1.29, 1.82) is 0 Å². The Kier molecular flexibility index (Phi) is 6.41. The number of nitrogens with one attached hydrogen (secondary N) is 1. The molecule has 33 heavy (non-hydrogen) atoms. The van der Waals surface area contributed by atoms with Crippen LogP contribution in [0.1, 0.15) is 12.8 Å². The average molecular weight is 468 g/mol.